The average Bonchev–Trinajstić information content (AvgIpc) is 2.17. The van der Waals surface area contributed by atoms with Crippen LogP contribution >= 0.6 is 0 Å². The standard InChI is InChI=1S/C15H30O/c1-11-6-8-13(9-7-11)14(16)10-12(2)15(3,4)5/h11-14,16H,6-10H2,1-5H3. The van der Waals surface area contributed by atoms with Gasteiger partial charge in [-0.25, -0.2) is 0 Å². The topological polar surface area (TPSA) is 20.2 Å². The normalized spacial score (nSPS) is 31.1. The second-order valence-electron chi connectivity index (χ2n) is 7.09. The molecule has 0 aromatic carbocycles. The molecule has 1 nitrogen and oxygen atoms in total. The lowest BCUT2D eigenvalue weighted by Gasteiger charge is -2.34. The van der Waals surface area contributed by atoms with Gasteiger partial charge in [-0.15, -0.1) is 0 Å². The van der Waals surface area contributed by atoms with Gasteiger partial charge in [-0.3, -0.25) is 0 Å². The first-order valence-electron chi connectivity index (χ1n) is 6.98. The van der Waals surface area contributed by atoms with Crippen LogP contribution in [-0.4, -0.2) is 11.2 Å². The Morgan fingerprint density at radius 2 is 1.62 bits per heavy atom. The first-order valence-corrected chi connectivity index (χ1v) is 6.98. The molecule has 1 saturated carbocycles. The highest BCUT2D eigenvalue weighted by atomic mass is 16.3. The van der Waals surface area contributed by atoms with Gasteiger partial charge in [-0.2, -0.15) is 0 Å². The van der Waals surface area contributed by atoms with E-state index in [-0.39, 0.29) is 6.10 Å². The first kappa shape index (κ1) is 14.0. The van der Waals surface area contributed by atoms with Crippen LogP contribution in [0.5, 0.6) is 0 Å². The van der Waals surface area contributed by atoms with Gasteiger partial charge in [0.1, 0.15) is 0 Å². The van der Waals surface area contributed by atoms with Gasteiger partial charge in [-0.05, 0) is 42.4 Å². The van der Waals surface area contributed by atoms with Gasteiger partial charge in [0.05, 0.1) is 6.10 Å². The van der Waals surface area contributed by atoms with E-state index >= 15 is 0 Å². The highest BCUT2D eigenvalue weighted by molar-refractivity contribution is 4.80. The maximum Gasteiger partial charge on any atom is 0.0571 e. The average molecular weight is 226 g/mol. The first-order chi connectivity index (χ1) is 7.30. The van der Waals surface area contributed by atoms with Crippen molar-refractivity contribution in [2.75, 3.05) is 0 Å². The summed E-state index contributed by atoms with van der Waals surface area (Å²) < 4.78 is 0. The Morgan fingerprint density at radius 3 is 2.06 bits per heavy atom. The van der Waals surface area contributed by atoms with E-state index in [4.69, 9.17) is 0 Å². The monoisotopic (exact) mass is 226 g/mol. The highest BCUT2D eigenvalue weighted by Crippen LogP contribution is 2.35. The van der Waals surface area contributed by atoms with Crippen molar-refractivity contribution in [2.24, 2.45) is 23.2 Å². The van der Waals surface area contributed by atoms with Gasteiger partial charge in [0.15, 0.2) is 0 Å². The molecule has 0 saturated heterocycles. The number of hydrogen-bond acceptors (Lipinski definition) is 1. The lowest BCUT2D eigenvalue weighted by atomic mass is 9.74. The fourth-order valence-electron chi connectivity index (χ4n) is 2.58. The maximum absolute atomic E-state index is 10.3. The van der Waals surface area contributed by atoms with Crippen molar-refractivity contribution in [1.82, 2.24) is 0 Å². The summed E-state index contributed by atoms with van der Waals surface area (Å²) >= 11 is 0. The molecule has 16 heavy (non-hydrogen) atoms. The van der Waals surface area contributed by atoms with Crippen LogP contribution in [0.2, 0.25) is 0 Å². The molecule has 1 aliphatic rings. The van der Waals surface area contributed by atoms with E-state index in [0.717, 1.165) is 12.3 Å². The highest BCUT2D eigenvalue weighted by Gasteiger charge is 2.29. The maximum atomic E-state index is 10.3. The minimum atomic E-state index is -0.0678. The van der Waals surface area contributed by atoms with Crippen molar-refractivity contribution in [3.8, 4) is 0 Å². The third-order valence-electron chi connectivity index (χ3n) is 4.68. The Morgan fingerprint density at radius 1 is 1.12 bits per heavy atom. The summed E-state index contributed by atoms with van der Waals surface area (Å²) in [6.45, 7) is 11.4. The SMILES string of the molecule is CC1CCC(C(O)CC(C)C(C)(C)C)CC1. The van der Waals surface area contributed by atoms with Crippen molar-refractivity contribution >= 4 is 0 Å². The molecule has 2 atom stereocenters. The number of rotatable bonds is 3. The lowest BCUT2D eigenvalue weighted by Crippen LogP contribution is -2.30. The minimum absolute atomic E-state index is 0.0678. The van der Waals surface area contributed by atoms with Crippen molar-refractivity contribution < 1.29 is 5.11 Å². The van der Waals surface area contributed by atoms with E-state index in [1.165, 1.54) is 25.7 Å². The van der Waals surface area contributed by atoms with E-state index in [2.05, 4.69) is 34.6 Å². The van der Waals surface area contributed by atoms with E-state index in [1.54, 1.807) is 0 Å². The van der Waals surface area contributed by atoms with Crippen LogP contribution in [0.25, 0.3) is 0 Å². The van der Waals surface area contributed by atoms with Gasteiger partial charge < -0.3 is 5.11 Å². The largest absolute Gasteiger partial charge is 0.393 e. The quantitative estimate of drug-likeness (QED) is 0.763. The predicted molar refractivity (Wildman–Crippen MR) is 70.4 cm³/mol. The second kappa shape index (κ2) is 5.53. The molecule has 0 aromatic rings. The molecular weight excluding hydrogens is 196 g/mol. The number of aliphatic hydroxyl groups is 1. The Kier molecular flexibility index (Phi) is 4.85. The molecule has 0 aromatic heterocycles. The van der Waals surface area contributed by atoms with Crippen LogP contribution < -0.4 is 0 Å². The van der Waals surface area contributed by atoms with E-state index in [9.17, 15) is 5.11 Å². The van der Waals surface area contributed by atoms with Crippen molar-refractivity contribution in [2.45, 2.75) is 72.8 Å². The third kappa shape index (κ3) is 4.08. The molecule has 1 aliphatic carbocycles. The number of aliphatic hydroxyl groups excluding tert-OH is 1. The molecule has 1 rings (SSSR count). The molecule has 1 heteroatoms. The molecule has 0 aliphatic heterocycles. The molecule has 0 spiro atoms. The zero-order chi connectivity index (χ0) is 12.3. The van der Waals surface area contributed by atoms with Crippen LogP contribution in [0.15, 0.2) is 0 Å². The summed E-state index contributed by atoms with van der Waals surface area (Å²) in [4.78, 5) is 0. The van der Waals surface area contributed by atoms with Crippen LogP contribution in [0, 0.1) is 23.2 Å². The molecule has 1 N–H and O–H groups in total. The van der Waals surface area contributed by atoms with Gasteiger partial charge in [0.25, 0.3) is 0 Å². The fraction of sp³-hybridized carbons (Fsp3) is 1.00. The minimum Gasteiger partial charge on any atom is -0.393 e. The smallest absolute Gasteiger partial charge is 0.0571 e. The van der Waals surface area contributed by atoms with Gasteiger partial charge in [0.2, 0.25) is 0 Å². The summed E-state index contributed by atoms with van der Waals surface area (Å²) in [6, 6.07) is 0. The summed E-state index contributed by atoms with van der Waals surface area (Å²) in [7, 11) is 0. The van der Waals surface area contributed by atoms with Crippen LogP contribution in [0.4, 0.5) is 0 Å². The molecule has 1 fully saturated rings. The second-order valence-corrected chi connectivity index (χ2v) is 7.09. The van der Waals surface area contributed by atoms with E-state index < -0.39 is 0 Å². The van der Waals surface area contributed by atoms with Gasteiger partial charge >= 0.3 is 0 Å². The molecule has 0 heterocycles. The molecule has 0 bridgehead atoms. The molecule has 2 unspecified atom stereocenters. The molecule has 0 amide bonds. The lowest BCUT2D eigenvalue weighted by molar-refractivity contribution is 0.0399. The fourth-order valence-corrected chi connectivity index (χ4v) is 2.58. The summed E-state index contributed by atoms with van der Waals surface area (Å²) in [5.41, 5.74) is 0.322. The third-order valence-corrected chi connectivity index (χ3v) is 4.68. The Labute approximate surface area is 102 Å². The zero-order valence-electron chi connectivity index (χ0n) is 11.8. The summed E-state index contributed by atoms with van der Waals surface area (Å²) in [5, 5.41) is 10.3. The number of hydrogen-bond donors (Lipinski definition) is 1. The van der Waals surface area contributed by atoms with E-state index in [0.29, 0.717) is 17.3 Å². The van der Waals surface area contributed by atoms with Gasteiger partial charge in [0, 0.05) is 0 Å². The van der Waals surface area contributed by atoms with Crippen molar-refractivity contribution in [3.05, 3.63) is 0 Å². The van der Waals surface area contributed by atoms with Crippen LogP contribution in [0.3, 0.4) is 0 Å². The zero-order valence-corrected chi connectivity index (χ0v) is 11.8. The molecular formula is C15H30O. The van der Waals surface area contributed by atoms with Crippen LogP contribution in [0.1, 0.15) is 66.7 Å². The Bertz CT molecular complexity index is 196. The Balaban J connectivity index is 2.37. The Hall–Kier alpha value is -0.0400. The van der Waals surface area contributed by atoms with Crippen LogP contribution in [-0.2, 0) is 0 Å². The summed E-state index contributed by atoms with van der Waals surface area (Å²) in [5.74, 6) is 2.05. The van der Waals surface area contributed by atoms with Crippen molar-refractivity contribution in [1.29, 1.82) is 0 Å². The molecule has 0 radical (unpaired) electrons. The molecule has 96 valence electrons. The summed E-state index contributed by atoms with van der Waals surface area (Å²) in [6.07, 6.45) is 6.00. The van der Waals surface area contributed by atoms with Gasteiger partial charge in [-0.1, -0.05) is 47.5 Å². The van der Waals surface area contributed by atoms with E-state index in [1.807, 2.05) is 0 Å². The predicted octanol–water partition coefficient (Wildman–Crippen LogP) is 4.25. The van der Waals surface area contributed by atoms with Crippen molar-refractivity contribution in [3.63, 3.8) is 0 Å².